The summed E-state index contributed by atoms with van der Waals surface area (Å²) < 4.78 is 5.73. The zero-order chi connectivity index (χ0) is 13.2. The Kier molecular flexibility index (Phi) is 5.11. The van der Waals surface area contributed by atoms with Crippen molar-refractivity contribution in [3.8, 4) is 0 Å². The molecule has 1 atom stereocenters. The van der Waals surface area contributed by atoms with E-state index in [1.165, 1.54) is 0 Å². The minimum atomic E-state index is 0. The number of likely N-dealkylation sites (tertiary alicyclic amines) is 1. The van der Waals surface area contributed by atoms with Gasteiger partial charge in [-0.05, 0) is 57.8 Å². The molecule has 0 spiro atoms. The summed E-state index contributed by atoms with van der Waals surface area (Å²) in [6, 6.07) is 4.17. The summed E-state index contributed by atoms with van der Waals surface area (Å²) in [5, 5.41) is 3.32. The Bertz CT molecular complexity index is 454. The molecule has 2 saturated heterocycles. The molecule has 5 heteroatoms. The number of carbonyl (C=O) groups is 1. The van der Waals surface area contributed by atoms with Crippen molar-refractivity contribution in [1.82, 2.24) is 10.2 Å². The molecule has 0 saturated carbocycles. The second-order valence-electron chi connectivity index (χ2n) is 5.66. The van der Waals surface area contributed by atoms with Crippen molar-refractivity contribution in [2.24, 2.45) is 5.92 Å². The van der Waals surface area contributed by atoms with Crippen LogP contribution >= 0.6 is 12.4 Å². The Balaban J connectivity index is 0.00000147. The third kappa shape index (κ3) is 3.01. The number of rotatable bonds is 2. The van der Waals surface area contributed by atoms with Crippen LogP contribution in [-0.4, -0.2) is 30.4 Å². The van der Waals surface area contributed by atoms with Crippen molar-refractivity contribution in [3.63, 3.8) is 0 Å². The Hall–Kier alpha value is -1.00. The Morgan fingerprint density at radius 1 is 1.30 bits per heavy atom. The third-order valence-electron chi connectivity index (χ3n) is 4.31. The minimum absolute atomic E-state index is 0. The van der Waals surface area contributed by atoms with E-state index in [0.717, 1.165) is 56.8 Å². The maximum Gasteiger partial charge on any atom is 0.226 e. The number of carbonyl (C=O) groups excluding carboxylic acids is 1. The molecule has 3 rings (SSSR count). The average molecular weight is 299 g/mol. The van der Waals surface area contributed by atoms with E-state index in [9.17, 15) is 4.79 Å². The van der Waals surface area contributed by atoms with E-state index in [4.69, 9.17) is 4.42 Å². The van der Waals surface area contributed by atoms with Crippen LogP contribution in [0.1, 0.15) is 43.2 Å². The summed E-state index contributed by atoms with van der Waals surface area (Å²) in [5.74, 6) is 2.42. The molecular formula is C15H23ClN2O2. The van der Waals surface area contributed by atoms with Crippen LogP contribution < -0.4 is 5.32 Å². The average Bonchev–Trinajstić information content (AvgIpc) is 3.07. The fourth-order valence-corrected chi connectivity index (χ4v) is 3.26. The number of furan rings is 1. The lowest BCUT2D eigenvalue weighted by molar-refractivity contribution is -0.137. The van der Waals surface area contributed by atoms with Crippen LogP contribution in [-0.2, 0) is 4.79 Å². The molecule has 4 nitrogen and oxygen atoms in total. The first kappa shape index (κ1) is 15.4. The van der Waals surface area contributed by atoms with Crippen molar-refractivity contribution in [3.05, 3.63) is 23.7 Å². The van der Waals surface area contributed by atoms with Gasteiger partial charge < -0.3 is 14.6 Å². The van der Waals surface area contributed by atoms with Gasteiger partial charge in [0, 0.05) is 12.5 Å². The van der Waals surface area contributed by atoms with E-state index in [1.807, 2.05) is 24.0 Å². The smallest absolute Gasteiger partial charge is 0.226 e. The number of nitrogens with zero attached hydrogens (tertiary/aromatic N) is 1. The Labute approximate surface area is 126 Å². The molecule has 0 bridgehead atoms. The van der Waals surface area contributed by atoms with E-state index >= 15 is 0 Å². The van der Waals surface area contributed by atoms with Gasteiger partial charge in [-0.3, -0.25) is 4.79 Å². The molecule has 0 aromatic carbocycles. The zero-order valence-electron chi connectivity index (χ0n) is 11.9. The van der Waals surface area contributed by atoms with Gasteiger partial charge in [0.2, 0.25) is 5.91 Å². The second kappa shape index (κ2) is 6.64. The number of nitrogens with one attached hydrogen (secondary N) is 1. The zero-order valence-corrected chi connectivity index (χ0v) is 12.7. The van der Waals surface area contributed by atoms with Gasteiger partial charge in [-0.25, -0.2) is 0 Å². The molecule has 1 unspecified atom stereocenters. The van der Waals surface area contributed by atoms with Crippen LogP contribution in [0.5, 0.6) is 0 Å². The number of piperidine rings is 1. The molecule has 0 radical (unpaired) electrons. The fraction of sp³-hybridized carbons (Fsp3) is 0.667. The predicted molar refractivity (Wildman–Crippen MR) is 80.0 cm³/mol. The highest BCUT2D eigenvalue weighted by molar-refractivity contribution is 5.85. The molecule has 1 aromatic rings. The van der Waals surface area contributed by atoms with E-state index in [1.54, 1.807) is 0 Å². The predicted octanol–water partition coefficient (Wildman–Crippen LogP) is 2.67. The number of hydrogen-bond donors (Lipinski definition) is 1. The Morgan fingerprint density at radius 2 is 2.05 bits per heavy atom. The van der Waals surface area contributed by atoms with Crippen LogP contribution in [0.15, 0.2) is 16.5 Å². The molecule has 2 fully saturated rings. The summed E-state index contributed by atoms with van der Waals surface area (Å²) in [7, 11) is 0. The molecule has 1 amide bonds. The monoisotopic (exact) mass is 298 g/mol. The normalized spacial score (nSPS) is 23.6. The minimum Gasteiger partial charge on any atom is -0.464 e. The van der Waals surface area contributed by atoms with Gasteiger partial charge >= 0.3 is 0 Å². The van der Waals surface area contributed by atoms with Gasteiger partial charge in [-0.1, -0.05) is 0 Å². The molecule has 0 aliphatic carbocycles. The van der Waals surface area contributed by atoms with Crippen molar-refractivity contribution in [1.29, 1.82) is 0 Å². The molecule has 3 heterocycles. The summed E-state index contributed by atoms with van der Waals surface area (Å²) in [4.78, 5) is 14.7. The van der Waals surface area contributed by atoms with E-state index in [0.29, 0.717) is 5.91 Å². The van der Waals surface area contributed by atoms with Gasteiger partial charge in [0.15, 0.2) is 0 Å². The quantitative estimate of drug-likeness (QED) is 0.913. The maximum atomic E-state index is 12.6. The molecule has 1 N–H and O–H groups in total. The van der Waals surface area contributed by atoms with Gasteiger partial charge in [0.25, 0.3) is 0 Å². The van der Waals surface area contributed by atoms with Gasteiger partial charge in [0.05, 0.1) is 6.04 Å². The topological polar surface area (TPSA) is 45.5 Å². The van der Waals surface area contributed by atoms with E-state index < -0.39 is 0 Å². The standard InChI is InChI=1S/C15H22N2O2.ClH/c1-11-4-5-14(19-11)13-3-2-10-17(13)15(18)12-6-8-16-9-7-12;/h4-5,12-13,16H,2-3,6-10H2,1H3;1H. The summed E-state index contributed by atoms with van der Waals surface area (Å²) in [6.07, 6.45) is 4.06. The van der Waals surface area contributed by atoms with Crippen molar-refractivity contribution < 1.29 is 9.21 Å². The number of amides is 1. The number of aryl methyl sites for hydroxylation is 1. The summed E-state index contributed by atoms with van der Waals surface area (Å²) >= 11 is 0. The highest BCUT2D eigenvalue weighted by Crippen LogP contribution is 2.34. The molecule has 2 aliphatic heterocycles. The summed E-state index contributed by atoms with van der Waals surface area (Å²) in [6.45, 7) is 4.77. The lowest BCUT2D eigenvalue weighted by Crippen LogP contribution is -2.40. The molecule has 20 heavy (non-hydrogen) atoms. The maximum absolute atomic E-state index is 12.6. The fourth-order valence-electron chi connectivity index (χ4n) is 3.26. The second-order valence-corrected chi connectivity index (χ2v) is 5.66. The molecule has 112 valence electrons. The first-order chi connectivity index (χ1) is 9.25. The molecule has 2 aliphatic rings. The van der Waals surface area contributed by atoms with E-state index in [-0.39, 0.29) is 24.4 Å². The SMILES string of the molecule is Cc1ccc(C2CCCN2C(=O)C2CCNCC2)o1.Cl. The Morgan fingerprint density at radius 3 is 2.70 bits per heavy atom. The van der Waals surface area contributed by atoms with E-state index in [2.05, 4.69) is 5.32 Å². The highest BCUT2D eigenvalue weighted by Gasteiger charge is 2.35. The number of hydrogen-bond acceptors (Lipinski definition) is 3. The highest BCUT2D eigenvalue weighted by atomic mass is 35.5. The first-order valence-electron chi connectivity index (χ1n) is 7.33. The van der Waals surface area contributed by atoms with Gasteiger partial charge in [-0.15, -0.1) is 12.4 Å². The summed E-state index contributed by atoms with van der Waals surface area (Å²) in [5.41, 5.74) is 0. The molecule has 1 aromatic heterocycles. The van der Waals surface area contributed by atoms with Crippen molar-refractivity contribution in [2.75, 3.05) is 19.6 Å². The van der Waals surface area contributed by atoms with Crippen LogP contribution in [0.4, 0.5) is 0 Å². The largest absolute Gasteiger partial charge is 0.464 e. The molecular weight excluding hydrogens is 276 g/mol. The van der Waals surface area contributed by atoms with Crippen molar-refractivity contribution in [2.45, 2.75) is 38.6 Å². The van der Waals surface area contributed by atoms with Crippen LogP contribution in [0.3, 0.4) is 0 Å². The van der Waals surface area contributed by atoms with Crippen molar-refractivity contribution >= 4 is 18.3 Å². The van der Waals surface area contributed by atoms with Crippen LogP contribution in [0, 0.1) is 12.8 Å². The lowest BCUT2D eigenvalue weighted by Gasteiger charge is -2.30. The number of halogens is 1. The van der Waals surface area contributed by atoms with Gasteiger partial charge in [0.1, 0.15) is 11.5 Å². The van der Waals surface area contributed by atoms with Crippen LogP contribution in [0.25, 0.3) is 0 Å². The lowest BCUT2D eigenvalue weighted by atomic mass is 9.96. The van der Waals surface area contributed by atoms with Gasteiger partial charge in [-0.2, -0.15) is 0 Å². The van der Waals surface area contributed by atoms with Crippen LogP contribution in [0.2, 0.25) is 0 Å². The first-order valence-corrected chi connectivity index (χ1v) is 7.33. The third-order valence-corrected chi connectivity index (χ3v) is 4.31.